The first kappa shape index (κ1) is 34.2. The summed E-state index contributed by atoms with van der Waals surface area (Å²) in [6.07, 6.45) is 5.65. The molecule has 1 heterocycles. The molecule has 1 aliphatic rings. The number of carbonyl (C=O) groups is 3. The van der Waals surface area contributed by atoms with Crippen LogP contribution in [0.5, 0.6) is 0 Å². The van der Waals surface area contributed by atoms with Crippen LogP contribution in [0.3, 0.4) is 0 Å². The van der Waals surface area contributed by atoms with Gasteiger partial charge in [0, 0.05) is 42.3 Å². The van der Waals surface area contributed by atoms with Crippen molar-refractivity contribution in [3.63, 3.8) is 0 Å². The Kier molecular flexibility index (Phi) is 15.0. The van der Waals surface area contributed by atoms with Gasteiger partial charge in [0.15, 0.2) is 0 Å². The maximum absolute atomic E-state index is 12.8. The van der Waals surface area contributed by atoms with Gasteiger partial charge in [-0.3, -0.25) is 14.4 Å². The van der Waals surface area contributed by atoms with Gasteiger partial charge in [0.05, 0.1) is 25.7 Å². The van der Waals surface area contributed by atoms with E-state index in [0.717, 1.165) is 55.6 Å². The SMILES string of the molecule is C=C(CCCCCN1C(=C)CCC1=O)NCC(=C)NCC(=O)N[C@@H](Cc1ccccc1)C(=C)NCC(=O)NCC(C)C. The molecule has 0 aliphatic carbocycles. The number of nitrogens with zero attached hydrogens (tertiary/aromatic N) is 1. The van der Waals surface area contributed by atoms with Crippen LogP contribution in [0.25, 0.3) is 0 Å². The molecule has 1 aromatic carbocycles. The summed E-state index contributed by atoms with van der Waals surface area (Å²) >= 11 is 0. The van der Waals surface area contributed by atoms with E-state index in [4.69, 9.17) is 0 Å². The summed E-state index contributed by atoms with van der Waals surface area (Å²) in [6.45, 7) is 22.2. The number of carbonyl (C=O) groups excluding carboxylic acids is 3. The smallest absolute Gasteiger partial charge is 0.239 e. The summed E-state index contributed by atoms with van der Waals surface area (Å²) in [4.78, 5) is 38.6. The number of benzene rings is 1. The Labute approximate surface area is 252 Å². The van der Waals surface area contributed by atoms with Gasteiger partial charge in [-0.2, -0.15) is 0 Å². The minimum Gasteiger partial charge on any atom is -0.383 e. The molecule has 3 amide bonds. The second-order valence-corrected chi connectivity index (χ2v) is 11.2. The predicted molar refractivity (Wildman–Crippen MR) is 170 cm³/mol. The van der Waals surface area contributed by atoms with E-state index < -0.39 is 6.04 Å². The van der Waals surface area contributed by atoms with E-state index in [-0.39, 0.29) is 30.8 Å². The summed E-state index contributed by atoms with van der Waals surface area (Å²) in [5, 5.41) is 15.3. The first-order valence-corrected chi connectivity index (χ1v) is 14.9. The van der Waals surface area contributed by atoms with Gasteiger partial charge in [-0.25, -0.2) is 0 Å². The highest BCUT2D eigenvalue weighted by Crippen LogP contribution is 2.21. The van der Waals surface area contributed by atoms with E-state index in [1.165, 1.54) is 0 Å². The number of allylic oxidation sites excluding steroid dienone is 2. The van der Waals surface area contributed by atoms with E-state index in [0.29, 0.717) is 43.2 Å². The Bertz CT molecular complexity index is 1080. The lowest BCUT2D eigenvalue weighted by atomic mass is 10.0. The zero-order valence-electron chi connectivity index (χ0n) is 25.5. The fourth-order valence-corrected chi connectivity index (χ4v) is 4.41. The van der Waals surface area contributed by atoms with Crippen LogP contribution in [0.4, 0.5) is 0 Å². The average molecular weight is 579 g/mol. The molecule has 9 nitrogen and oxygen atoms in total. The lowest BCUT2D eigenvalue weighted by molar-refractivity contribution is -0.126. The fourth-order valence-electron chi connectivity index (χ4n) is 4.41. The number of hydrogen-bond acceptors (Lipinski definition) is 6. The highest BCUT2D eigenvalue weighted by atomic mass is 16.2. The van der Waals surface area contributed by atoms with Crippen molar-refractivity contribution in [1.82, 2.24) is 31.5 Å². The van der Waals surface area contributed by atoms with Crippen LogP contribution in [-0.2, 0) is 20.8 Å². The Morgan fingerprint density at radius 3 is 2.21 bits per heavy atom. The molecule has 5 N–H and O–H groups in total. The molecule has 0 unspecified atom stereocenters. The minimum absolute atomic E-state index is 0.0565. The standard InChI is InChI=1S/C33H50N6O3/c1-24(2)20-37-31(40)22-36-28(6)30(19-29-14-10-7-11-15-29)38-32(41)23-35-26(4)21-34-25(3)13-9-8-12-18-39-27(5)16-17-33(39)42/h7,10-11,14-15,24,30,34-36H,3-6,8-9,12-13,16-23H2,1-2H3,(H,37,40)(H,38,41)/t30-/m0/s1. The fraction of sp³-hybridized carbons (Fsp3) is 0.485. The molecule has 0 spiro atoms. The molecule has 230 valence electrons. The maximum atomic E-state index is 12.8. The molecule has 0 saturated carbocycles. The van der Waals surface area contributed by atoms with Gasteiger partial charge in [0.2, 0.25) is 17.7 Å². The maximum Gasteiger partial charge on any atom is 0.239 e. The third-order valence-corrected chi connectivity index (χ3v) is 6.94. The molecule has 1 atom stereocenters. The zero-order valence-corrected chi connectivity index (χ0v) is 25.5. The number of unbranched alkanes of at least 4 members (excludes halogenated alkanes) is 2. The van der Waals surface area contributed by atoms with E-state index >= 15 is 0 Å². The van der Waals surface area contributed by atoms with Crippen molar-refractivity contribution in [2.45, 2.75) is 64.8 Å². The van der Waals surface area contributed by atoms with Crippen LogP contribution in [-0.4, -0.2) is 61.4 Å². The van der Waals surface area contributed by atoms with Crippen molar-refractivity contribution in [2.75, 3.05) is 32.7 Å². The molecule has 1 aromatic rings. The van der Waals surface area contributed by atoms with Gasteiger partial charge in [-0.15, -0.1) is 0 Å². The molecule has 1 aliphatic heterocycles. The molecule has 42 heavy (non-hydrogen) atoms. The van der Waals surface area contributed by atoms with Gasteiger partial charge >= 0.3 is 0 Å². The van der Waals surface area contributed by atoms with Crippen molar-refractivity contribution in [3.05, 3.63) is 85.0 Å². The molecular weight excluding hydrogens is 528 g/mol. The summed E-state index contributed by atoms with van der Waals surface area (Å²) in [6, 6.07) is 9.43. The van der Waals surface area contributed by atoms with Crippen LogP contribution in [0.15, 0.2) is 79.4 Å². The zero-order chi connectivity index (χ0) is 30.9. The topological polar surface area (TPSA) is 115 Å². The second-order valence-electron chi connectivity index (χ2n) is 11.2. The van der Waals surface area contributed by atoms with Crippen LogP contribution in [0.1, 0.15) is 57.9 Å². The minimum atomic E-state index is -0.396. The van der Waals surface area contributed by atoms with E-state index in [9.17, 15) is 14.4 Å². The second kappa shape index (κ2) is 18.4. The first-order chi connectivity index (χ1) is 20.0. The van der Waals surface area contributed by atoms with Crippen molar-refractivity contribution >= 4 is 17.7 Å². The predicted octanol–water partition coefficient (Wildman–Crippen LogP) is 3.49. The number of hydrogen-bond donors (Lipinski definition) is 5. The normalized spacial score (nSPS) is 13.5. The number of nitrogens with one attached hydrogen (secondary N) is 5. The third-order valence-electron chi connectivity index (χ3n) is 6.94. The van der Waals surface area contributed by atoms with Crippen molar-refractivity contribution in [3.8, 4) is 0 Å². The quantitative estimate of drug-likeness (QED) is 0.143. The highest BCUT2D eigenvalue weighted by molar-refractivity contribution is 5.81. The summed E-state index contributed by atoms with van der Waals surface area (Å²) in [5.41, 5.74) is 4.13. The molecule has 1 fully saturated rings. The largest absolute Gasteiger partial charge is 0.383 e. The summed E-state index contributed by atoms with van der Waals surface area (Å²) in [7, 11) is 0. The third kappa shape index (κ3) is 13.6. The van der Waals surface area contributed by atoms with Gasteiger partial charge in [-0.1, -0.05) is 76.9 Å². The van der Waals surface area contributed by atoms with Gasteiger partial charge < -0.3 is 31.5 Å². The van der Waals surface area contributed by atoms with Gasteiger partial charge in [0.25, 0.3) is 0 Å². The Hall–Kier alpha value is -4.01. The Morgan fingerprint density at radius 2 is 1.55 bits per heavy atom. The molecule has 1 saturated heterocycles. The molecule has 9 heteroatoms. The van der Waals surface area contributed by atoms with Crippen LogP contribution < -0.4 is 26.6 Å². The van der Waals surface area contributed by atoms with Crippen molar-refractivity contribution in [2.24, 2.45) is 5.92 Å². The number of likely N-dealkylation sites (tertiary alicyclic amines) is 1. The van der Waals surface area contributed by atoms with E-state index in [1.54, 1.807) is 0 Å². The lowest BCUT2D eigenvalue weighted by Crippen LogP contribution is -2.46. The van der Waals surface area contributed by atoms with Crippen LogP contribution >= 0.6 is 0 Å². The summed E-state index contributed by atoms with van der Waals surface area (Å²) < 4.78 is 0. The molecule has 2 rings (SSSR count). The Morgan fingerprint density at radius 1 is 0.857 bits per heavy atom. The van der Waals surface area contributed by atoms with Crippen molar-refractivity contribution in [1.29, 1.82) is 0 Å². The van der Waals surface area contributed by atoms with E-state index in [1.807, 2.05) is 49.1 Å². The molecular formula is C33H50N6O3. The molecule has 0 bridgehead atoms. The van der Waals surface area contributed by atoms with Crippen LogP contribution in [0.2, 0.25) is 0 Å². The monoisotopic (exact) mass is 578 g/mol. The molecule has 0 radical (unpaired) electrons. The van der Waals surface area contributed by atoms with Gasteiger partial charge in [0.1, 0.15) is 0 Å². The number of rotatable bonds is 21. The van der Waals surface area contributed by atoms with Crippen molar-refractivity contribution < 1.29 is 14.4 Å². The van der Waals surface area contributed by atoms with Crippen LogP contribution in [0, 0.1) is 5.92 Å². The van der Waals surface area contributed by atoms with Gasteiger partial charge in [-0.05, 0) is 43.6 Å². The molecule has 0 aromatic heterocycles. The highest BCUT2D eigenvalue weighted by Gasteiger charge is 2.23. The first-order valence-electron chi connectivity index (χ1n) is 14.9. The Balaban J connectivity index is 1.69. The lowest BCUT2D eigenvalue weighted by Gasteiger charge is -2.23. The summed E-state index contributed by atoms with van der Waals surface area (Å²) in [5.74, 6) is 0.220. The average Bonchev–Trinajstić information content (AvgIpc) is 3.28. The van der Waals surface area contributed by atoms with E-state index in [2.05, 4.69) is 52.9 Å². The number of amides is 3.